The van der Waals surface area contributed by atoms with Gasteiger partial charge in [0, 0.05) is 24.7 Å². The summed E-state index contributed by atoms with van der Waals surface area (Å²) in [7, 11) is 1.87. The maximum Gasteiger partial charge on any atom is 0.183 e. The van der Waals surface area contributed by atoms with Crippen molar-refractivity contribution in [2.45, 2.75) is 45.9 Å². The molecule has 0 saturated carbocycles. The van der Waals surface area contributed by atoms with E-state index >= 15 is 0 Å². The van der Waals surface area contributed by atoms with Gasteiger partial charge >= 0.3 is 0 Å². The van der Waals surface area contributed by atoms with Crippen LogP contribution in [0.5, 0.6) is 0 Å². The molecule has 1 aliphatic carbocycles. The van der Waals surface area contributed by atoms with Crippen molar-refractivity contribution >= 4 is 11.6 Å². The van der Waals surface area contributed by atoms with E-state index in [9.17, 15) is 15.0 Å². The number of benzene rings is 1. The van der Waals surface area contributed by atoms with Crippen LogP contribution in [0.25, 0.3) is 0 Å². The Kier molecular flexibility index (Phi) is 4.01. The van der Waals surface area contributed by atoms with Gasteiger partial charge in [0.05, 0.1) is 11.8 Å². The summed E-state index contributed by atoms with van der Waals surface area (Å²) in [6.45, 7) is 6.21. The molecule has 0 radical (unpaired) electrons. The first-order valence-electron chi connectivity index (χ1n) is 9.20. The zero-order valence-corrected chi connectivity index (χ0v) is 16.1. The number of aliphatic hydroxyl groups excluding tert-OH is 1. The van der Waals surface area contributed by atoms with E-state index in [4.69, 9.17) is 0 Å². The number of carbonyl (C=O) groups is 1. The van der Waals surface area contributed by atoms with Gasteiger partial charge in [-0.15, -0.1) is 0 Å². The molecular weight excluding hydrogens is 342 g/mol. The van der Waals surface area contributed by atoms with Crippen LogP contribution in [-0.2, 0) is 4.79 Å². The second-order valence-corrected chi connectivity index (χ2v) is 8.42. The van der Waals surface area contributed by atoms with Crippen molar-refractivity contribution in [1.82, 2.24) is 9.78 Å². The van der Waals surface area contributed by atoms with Gasteiger partial charge in [-0.3, -0.25) is 4.79 Å². The number of carbonyl (C=O) groups excluding carboxylic acids is 1. The Morgan fingerprint density at radius 2 is 1.85 bits per heavy atom. The van der Waals surface area contributed by atoms with Crippen LogP contribution in [0.2, 0.25) is 0 Å². The number of nitrogens with zero attached hydrogens (tertiary/aromatic N) is 3. The third kappa shape index (κ3) is 2.80. The fourth-order valence-electron chi connectivity index (χ4n) is 4.31. The van der Waals surface area contributed by atoms with Gasteiger partial charge in [-0.25, -0.2) is 4.68 Å². The number of hydrogen-bond donors (Lipinski definition) is 2. The van der Waals surface area contributed by atoms with Crippen molar-refractivity contribution in [3.8, 4) is 0 Å². The highest BCUT2D eigenvalue weighted by molar-refractivity contribution is 6.00. The summed E-state index contributed by atoms with van der Waals surface area (Å²) in [5, 5.41) is 24.1. The molecule has 142 valence electrons. The third-order valence-electron chi connectivity index (χ3n) is 5.60. The van der Waals surface area contributed by atoms with E-state index in [0.717, 1.165) is 28.8 Å². The second-order valence-electron chi connectivity index (χ2n) is 8.42. The Hall–Kier alpha value is -2.44. The third-order valence-corrected chi connectivity index (χ3v) is 5.60. The molecule has 6 heteroatoms. The highest BCUT2D eigenvalue weighted by Gasteiger charge is 2.44. The van der Waals surface area contributed by atoms with Crippen molar-refractivity contribution in [2.24, 2.45) is 5.41 Å². The van der Waals surface area contributed by atoms with E-state index < -0.39 is 6.29 Å². The van der Waals surface area contributed by atoms with Gasteiger partial charge in [-0.1, -0.05) is 43.7 Å². The fraction of sp³-hybridized carbons (Fsp3) is 0.429. The van der Waals surface area contributed by atoms with Gasteiger partial charge in [0.15, 0.2) is 12.1 Å². The molecule has 2 aliphatic rings. The number of anilines is 1. The van der Waals surface area contributed by atoms with Crippen LogP contribution >= 0.6 is 0 Å². The lowest BCUT2D eigenvalue weighted by molar-refractivity contribution is -0.118. The van der Waals surface area contributed by atoms with Crippen molar-refractivity contribution in [2.75, 3.05) is 11.9 Å². The minimum absolute atomic E-state index is 0.130. The summed E-state index contributed by atoms with van der Waals surface area (Å²) < 4.78 is 1.74. The normalized spacial score (nSPS) is 21.5. The molecule has 1 aliphatic heterocycles. The standard InChI is InChI=1S/C21H25N3O3/c1-12-5-7-13(8-6-12)18-17-15(9-21(2,3)10-16(17)25)23(4)19-14(20(26)27)11-22-24(18)19/h5-8,11,18,20,26-27H,9-10H2,1-4H3. The number of hydrogen-bond acceptors (Lipinski definition) is 5. The Bertz CT molecular complexity index is 938. The largest absolute Gasteiger partial charge is 0.364 e. The maximum absolute atomic E-state index is 13.2. The Morgan fingerprint density at radius 3 is 2.48 bits per heavy atom. The van der Waals surface area contributed by atoms with Crippen LogP contribution in [-0.4, -0.2) is 32.8 Å². The molecule has 1 unspecified atom stereocenters. The summed E-state index contributed by atoms with van der Waals surface area (Å²) in [5.74, 6) is 0.755. The summed E-state index contributed by atoms with van der Waals surface area (Å²) in [4.78, 5) is 15.1. The molecule has 0 fully saturated rings. The van der Waals surface area contributed by atoms with E-state index in [-0.39, 0.29) is 17.2 Å². The predicted octanol–water partition coefficient (Wildman–Crippen LogP) is 2.86. The van der Waals surface area contributed by atoms with Crippen molar-refractivity contribution < 1.29 is 15.0 Å². The molecule has 4 rings (SSSR count). The van der Waals surface area contributed by atoms with Crippen molar-refractivity contribution in [1.29, 1.82) is 0 Å². The monoisotopic (exact) mass is 367 g/mol. The summed E-state index contributed by atoms with van der Waals surface area (Å²) >= 11 is 0. The zero-order chi connectivity index (χ0) is 19.5. The lowest BCUT2D eigenvalue weighted by atomic mass is 9.72. The van der Waals surface area contributed by atoms with E-state index in [0.29, 0.717) is 17.8 Å². The van der Waals surface area contributed by atoms with Crippen LogP contribution < -0.4 is 4.90 Å². The van der Waals surface area contributed by atoms with Crippen LogP contribution in [0, 0.1) is 12.3 Å². The molecule has 6 nitrogen and oxygen atoms in total. The summed E-state index contributed by atoms with van der Waals surface area (Å²) in [5.41, 5.74) is 4.02. The topological polar surface area (TPSA) is 78.6 Å². The first-order valence-corrected chi connectivity index (χ1v) is 9.20. The Balaban J connectivity index is 1.97. The molecule has 0 amide bonds. The zero-order valence-electron chi connectivity index (χ0n) is 16.1. The number of aliphatic hydroxyl groups is 2. The minimum atomic E-state index is -1.62. The van der Waals surface area contributed by atoms with Crippen LogP contribution in [0.4, 0.5) is 5.82 Å². The van der Waals surface area contributed by atoms with E-state index in [1.54, 1.807) is 4.68 Å². The number of Topliss-reactive ketones (excluding diaryl/α,β-unsaturated/α-hetero) is 1. The SMILES string of the molecule is Cc1ccc(C2C3=C(CC(C)(C)CC3=O)N(C)c3c(C(O)O)cnn32)cc1. The number of fused-ring (bicyclic) bond motifs is 1. The van der Waals surface area contributed by atoms with E-state index in [1.807, 2.05) is 43.1 Å². The quantitative estimate of drug-likeness (QED) is 0.798. The average molecular weight is 367 g/mol. The van der Waals surface area contributed by atoms with Crippen LogP contribution in [0.15, 0.2) is 41.7 Å². The highest BCUT2D eigenvalue weighted by atomic mass is 16.5. The number of rotatable bonds is 2. The molecule has 2 aromatic rings. The molecule has 2 N–H and O–H groups in total. The van der Waals surface area contributed by atoms with E-state index in [1.165, 1.54) is 6.20 Å². The molecule has 0 bridgehead atoms. The lowest BCUT2D eigenvalue weighted by Gasteiger charge is -2.43. The Morgan fingerprint density at radius 1 is 1.19 bits per heavy atom. The molecule has 1 aromatic heterocycles. The maximum atomic E-state index is 13.2. The van der Waals surface area contributed by atoms with Gasteiger partial charge in [0.1, 0.15) is 11.9 Å². The van der Waals surface area contributed by atoms with Gasteiger partial charge in [0.25, 0.3) is 0 Å². The van der Waals surface area contributed by atoms with Crippen LogP contribution in [0.1, 0.15) is 55.7 Å². The van der Waals surface area contributed by atoms with Gasteiger partial charge in [-0.05, 0) is 24.3 Å². The molecular formula is C21H25N3O3. The highest BCUT2D eigenvalue weighted by Crippen LogP contribution is 2.48. The average Bonchev–Trinajstić information content (AvgIpc) is 3.02. The van der Waals surface area contributed by atoms with Gasteiger partial charge in [0.2, 0.25) is 0 Å². The molecule has 0 saturated heterocycles. The second kappa shape index (κ2) is 6.04. The number of aromatic nitrogens is 2. The summed E-state index contributed by atoms with van der Waals surface area (Å²) in [6, 6.07) is 7.72. The van der Waals surface area contributed by atoms with Gasteiger partial charge in [-0.2, -0.15) is 5.10 Å². The van der Waals surface area contributed by atoms with Crippen LogP contribution in [0.3, 0.4) is 0 Å². The minimum Gasteiger partial charge on any atom is -0.364 e. The summed E-state index contributed by atoms with van der Waals surface area (Å²) in [6.07, 6.45) is 1.10. The molecule has 1 atom stereocenters. The van der Waals surface area contributed by atoms with Crippen molar-refractivity contribution in [3.63, 3.8) is 0 Å². The first-order chi connectivity index (χ1) is 12.7. The number of ketones is 1. The lowest BCUT2D eigenvalue weighted by Crippen LogP contribution is -2.41. The molecule has 27 heavy (non-hydrogen) atoms. The number of aryl methyl sites for hydroxylation is 1. The Labute approximate surface area is 158 Å². The fourth-order valence-corrected chi connectivity index (χ4v) is 4.31. The first kappa shape index (κ1) is 17.9. The molecule has 2 heterocycles. The molecule has 1 aromatic carbocycles. The smallest absolute Gasteiger partial charge is 0.183 e. The van der Waals surface area contributed by atoms with Crippen molar-refractivity contribution in [3.05, 3.63) is 58.4 Å². The number of allylic oxidation sites excluding steroid dienone is 2. The molecule has 0 spiro atoms. The van der Waals surface area contributed by atoms with E-state index in [2.05, 4.69) is 18.9 Å². The predicted molar refractivity (Wildman–Crippen MR) is 102 cm³/mol. The van der Waals surface area contributed by atoms with Gasteiger partial charge < -0.3 is 15.1 Å².